The molecule has 1 aliphatic heterocycles. The molecule has 106 valence electrons. The predicted molar refractivity (Wildman–Crippen MR) is 75.3 cm³/mol. The molecule has 18 heavy (non-hydrogen) atoms. The summed E-state index contributed by atoms with van der Waals surface area (Å²) >= 11 is 0. The lowest BCUT2D eigenvalue weighted by molar-refractivity contribution is -0.122. The van der Waals surface area contributed by atoms with Gasteiger partial charge in [0.15, 0.2) is 0 Å². The highest BCUT2D eigenvalue weighted by atomic mass is 16.1. The standard InChI is InChI=1S/C14H29N3O/c1-3-17-10-4-5-13(11-17)16-14(18)7-6-12(2)8-9-15/h12-13H,3-11,15H2,1-2H3,(H,16,18). The Hall–Kier alpha value is -0.610. The largest absolute Gasteiger partial charge is 0.352 e. The molecule has 1 saturated heterocycles. The van der Waals surface area contributed by atoms with E-state index in [4.69, 9.17) is 5.73 Å². The summed E-state index contributed by atoms with van der Waals surface area (Å²) in [6.07, 6.45) is 4.93. The molecule has 1 aliphatic rings. The maximum absolute atomic E-state index is 11.9. The van der Waals surface area contributed by atoms with Crippen molar-refractivity contribution >= 4 is 5.91 Å². The van der Waals surface area contributed by atoms with E-state index in [2.05, 4.69) is 24.1 Å². The number of amides is 1. The zero-order valence-electron chi connectivity index (χ0n) is 12.0. The molecule has 0 aromatic rings. The molecule has 0 bridgehead atoms. The highest BCUT2D eigenvalue weighted by Gasteiger charge is 2.20. The number of hydrogen-bond donors (Lipinski definition) is 2. The summed E-state index contributed by atoms with van der Waals surface area (Å²) in [6.45, 7) is 8.34. The SMILES string of the molecule is CCN1CCCC(NC(=O)CCC(C)CCN)C1. The predicted octanol–water partition coefficient (Wildman–Crippen LogP) is 1.35. The van der Waals surface area contributed by atoms with Crippen LogP contribution in [0.3, 0.4) is 0 Å². The normalized spacial score (nSPS) is 22.7. The Balaban J connectivity index is 2.19. The molecule has 1 heterocycles. The third-order valence-electron chi connectivity index (χ3n) is 3.84. The average molecular weight is 255 g/mol. The number of nitrogens with one attached hydrogen (secondary N) is 1. The minimum Gasteiger partial charge on any atom is -0.352 e. The molecule has 2 unspecified atom stereocenters. The van der Waals surface area contributed by atoms with Gasteiger partial charge in [0.1, 0.15) is 0 Å². The Morgan fingerprint density at radius 2 is 2.28 bits per heavy atom. The van der Waals surface area contributed by atoms with Crippen molar-refractivity contribution in [2.24, 2.45) is 11.7 Å². The number of carbonyl (C=O) groups is 1. The Kier molecular flexibility index (Phi) is 7.28. The molecular formula is C14H29N3O. The van der Waals surface area contributed by atoms with Gasteiger partial charge < -0.3 is 16.0 Å². The second kappa shape index (κ2) is 8.48. The van der Waals surface area contributed by atoms with Crippen LogP contribution in [-0.4, -0.2) is 43.0 Å². The van der Waals surface area contributed by atoms with Crippen LogP contribution in [0, 0.1) is 5.92 Å². The van der Waals surface area contributed by atoms with E-state index in [1.54, 1.807) is 0 Å². The molecule has 3 N–H and O–H groups in total. The van der Waals surface area contributed by atoms with Crippen molar-refractivity contribution < 1.29 is 4.79 Å². The summed E-state index contributed by atoms with van der Waals surface area (Å²) in [7, 11) is 0. The van der Waals surface area contributed by atoms with Crippen molar-refractivity contribution in [3.8, 4) is 0 Å². The quantitative estimate of drug-likeness (QED) is 0.722. The van der Waals surface area contributed by atoms with Gasteiger partial charge >= 0.3 is 0 Å². The highest BCUT2D eigenvalue weighted by molar-refractivity contribution is 5.76. The first-order chi connectivity index (χ1) is 8.65. The van der Waals surface area contributed by atoms with Gasteiger partial charge in [-0.2, -0.15) is 0 Å². The fourth-order valence-corrected chi connectivity index (χ4v) is 2.57. The zero-order valence-corrected chi connectivity index (χ0v) is 12.0. The Morgan fingerprint density at radius 1 is 1.50 bits per heavy atom. The summed E-state index contributed by atoms with van der Waals surface area (Å²) in [6, 6.07) is 0.357. The van der Waals surface area contributed by atoms with Crippen LogP contribution >= 0.6 is 0 Å². The summed E-state index contributed by atoms with van der Waals surface area (Å²) in [5.74, 6) is 0.765. The lowest BCUT2D eigenvalue weighted by Crippen LogP contribution is -2.47. The van der Waals surface area contributed by atoms with E-state index < -0.39 is 0 Å². The number of nitrogens with two attached hydrogens (primary N) is 1. The van der Waals surface area contributed by atoms with Gasteiger partial charge in [-0.1, -0.05) is 13.8 Å². The minimum atomic E-state index is 0.210. The number of carbonyl (C=O) groups excluding carboxylic acids is 1. The molecule has 0 aromatic heterocycles. The molecule has 0 saturated carbocycles. The minimum absolute atomic E-state index is 0.210. The number of likely N-dealkylation sites (N-methyl/N-ethyl adjacent to an activating group) is 1. The van der Waals surface area contributed by atoms with E-state index in [-0.39, 0.29) is 5.91 Å². The molecule has 4 nitrogen and oxygen atoms in total. The second-order valence-corrected chi connectivity index (χ2v) is 5.52. The van der Waals surface area contributed by atoms with Gasteiger partial charge in [-0.15, -0.1) is 0 Å². The van der Waals surface area contributed by atoms with E-state index in [1.807, 2.05) is 0 Å². The van der Waals surface area contributed by atoms with Crippen LogP contribution in [0.5, 0.6) is 0 Å². The maximum atomic E-state index is 11.9. The number of nitrogens with zero attached hydrogens (tertiary/aromatic N) is 1. The van der Waals surface area contributed by atoms with Gasteiger partial charge in [0.05, 0.1) is 0 Å². The van der Waals surface area contributed by atoms with Crippen molar-refractivity contribution in [1.29, 1.82) is 0 Å². The van der Waals surface area contributed by atoms with Crippen LogP contribution in [0.1, 0.15) is 46.0 Å². The van der Waals surface area contributed by atoms with Gasteiger partial charge in [0.25, 0.3) is 0 Å². The molecule has 4 heteroatoms. The first-order valence-corrected chi connectivity index (χ1v) is 7.37. The molecule has 1 rings (SSSR count). The van der Waals surface area contributed by atoms with E-state index in [1.165, 1.54) is 13.0 Å². The van der Waals surface area contributed by atoms with Crippen LogP contribution in [0.2, 0.25) is 0 Å². The summed E-state index contributed by atoms with van der Waals surface area (Å²) in [4.78, 5) is 14.3. The molecular weight excluding hydrogens is 226 g/mol. The molecule has 0 spiro atoms. The third-order valence-corrected chi connectivity index (χ3v) is 3.84. The fourth-order valence-electron chi connectivity index (χ4n) is 2.57. The van der Waals surface area contributed by atoms with Gasteiger partial charge in [0.2, 0.25) is 5.91 Å². The third kappa shape index (κ3) is 5.83. The summed E-state index contributed by atoms with van der Waals surface area (Å²) in [5.41, 5.74) is 5.51. The van der Waals surface area contributed by atoms with E-state index in [0.717, 1.165) is 38.9 Å². The highest BCUT2D eigenvalue weighted by Crippen LogP contribution is 2.12. The fraction of sp³-hybridized carbons (Fsp3) is 0.929. The van der Waals surface area contributed by atoms with Crippen LogP contribution in [0.4, 0.5) is 0 Å². The van der Waals surface area contributed by atoms with Crippen LogP contribution in [0.15, 0.2) is 0 Å². The van der Waals surface area contributed by atoms with Crippen molar-refractivity contribution in [2.75, 3.05) is 26.2 Å². The second-order valence-electron chi connectivity index (χ2n) is 5.52. The Labute approximate surface area is 111 Å². The summed E-state index contributed by atoms with van der Waals surface area (Å²) in [5, 5.41) is 3.17. The molecule has 0 aliphatic carbocycles. The molecule has 0 aromatic carbocycles. The number of piperidine rings is 1. The monoisotopic (exact) mass is 255 g/mol. The van der Waals surface area contributed by atoms with Gasteiger partial charge in [-0.05, 0) is 51.2 Å². The lowest BCUT2D eigenvalue weighted by Gasteiger charge is -2.32. The van der Waals surface area contributed by atoms with Gasteiger partial charge in [-0.25, -0.2) is 0 Å². The van der Waals surface area contributed by atoms with E-state index in [9.17, 15) is 4.79 Å². The van der Waals surface area contributed by atoms with Gasteiger partial charge in [-0.3, -0.25) is 4.79 Å². The topological polar surface area (TPSA) is 58.4 Å². The van der Waals surface area contributed by atoms with Crippen LogP contribution < -0.4 is 11.1 Å². The first-order valence-electron chi connectivity index (χ1n) is 7.37. The summed E-state index contributed by atoms with van der Waals surface area (Å²) < 4.78 is 0. The lowest BCUT2D eigenvalue weighted by atomic mass is 10.0. The van der Waals surface area contributed by atoms with Crippen LogP contribution in [0.25, 0.3) is 0 Å². The molecule has 1 amide bonds. The number of likely N-dealkylation sites (tertiary alicyclic amines) is 1. The molecule has 1 fully saturated rings. The maximum Gasteiger partial charge on any atom is 0.220 e. The van der Waals surface area contributed by atoms with E-state index in [0.29, 0.717) is 18.4 Å². The Bertz CT molecular complexity index is 245. The molecule has 2 atom stereocenters. The zero-order chi connectivity index (χ0) is 13.4. The van der Waals surface area contributed by atoms with E-state index >= 15 is 0 Å². The van der Waals surface area contributed by atoms with Crippen molar-refractivity contribution in [2.45, 2.75) is 52.0 Å². The van der Waals surface area contributed by atoms with Gasteiger partial charge in [0, 0.05) is 19.0 Å². The smallest absolute Gasteiger partial charge is 0.220 e. The number of rotatable bonds is 7. The average Bonchev–Trinajstić information content (AvgIpc) is 2.37. The molecule has 0 radical (unpaired) electrons. The Morgan fingerprint density at radius 3 is 2.94 bits per heavy atom. The van der Waals surface area contributed by atoms with Crippen LogP contribution in [-0.2, 0) is 4.79 Å². The van der Waals surface area contributed by atoms with Crippen molar-refractivity contribution in [3.63, 3.8) is 0 Å². The first kappa shape index (κ1) is 15.4. The van der Waals surface area contributed by atoms with Crippen molar-refractivity contribution in [1.82, 2.24) is 10.2 Å². The number of hydrogen-bond acceptors (Lipinski definition) is 3. The van der Waals surface area contributed by atoms with Crippen molar-refractivity contribution in [3.05, 3.63) is 0 Å².